The van der Waals surface area contributed by atoms with E-state index >= 15 is 0 Å². The van der Waals surface area contributed by atoms with Gasteiger partial charge in [0, 0.05) is 5.56 Å². The molecule has 0 aromatic heterocycles. The lowest BCUT2D eigenvalue weighted by Gasteiger charge is -2.15. The van der Waals surface area contributed by atoms with Gasteiger partial charge < -0.3 is 19.9 Å². The first-order valence-corrected chi connectivity index (χ1v) is 11.2. The number of carbonyl (C=O) groups is 2. The molecule has 1 unspecified atom stereocenters. The third-order valence-electron chi connectivity index (χ3n) is 5.33. The first-order chi connectivity index (χ1) is 17.1. The van der Waals surface area contributed by atoms with E-state index in [0.717, 1.165) is 16.9 Å². The van der Waals surface area contributed by atoms with Gasteiger partial charge in [-0.1, -0.05) is 78.9 Å². The van der Waals surface area contributed by atoms with Crippen LogP contribution in [0.2, 0.25) is 0 Å². The van der Waals surface area contributed by atoms with Gasteiger partial charge in [-0.15, -0.1) is 0 Å². The topological polar surface area (TPSA) is 84.9 Å². The van der Waals surface area contributed by atoms with Crippen molar-refractivity contribution in [3.05, 3.63) is 131 Å². The third-order valence-corrected chi connectivity index (χ3v) is 5.33. The smallest absolute Gasteiger partial charge is 0.330 e. The lowest BCUT2D eigenvalue weighted by atomic mass is 10.1. The predicted octanol–water partition coefficient (Wildman–Crippen LogP) is 5.40. The van der Waals surface area contributed by atoms with Crippen LogP contribution >= 0.6 is 0 Å². The van der Waals surface area contributed by atoms with Gasteiger partial charge in [0.2, 0.25) is 0 Å². The molecule has 4 aromatic carbocycles. The van der Waals surface area contributed by atoms with E-state index in [4.69, 9.17) is 9.47 Å². The first kappa shape index (κ1) is 23.6. The summed E-state index contributed by atoms with van der Waals surface area (Å²) in [7, 11) is 0. The van der Waals surface area contributed by atoms with Crippen molar-refractivity contribution >= 4 is 11.9 Å². The quantitative estimate of drug-likeness (QED) is 0.326. The van der Waals surface area contributed by atoms with Crippen molar-refractivity contribution < 1.29 is 24.2 Å². The van der Waals surface area contributed by atoms with E-state index in [1.54, 1.807) is 54.6 Å². The first-order valence-electron chi connectivity index (χ1n) is 11.2. The minimum Gasteiger partial charge on any atom is -0.489 e. The van der Waals surface area contributed by atoms with Gasteiger partial charge in [0.05, 0.1) is 0 Å². The molecule has 0 spiro atoms. The Bertz CT molecular complexity index is 1260. The van der Waals surface area contributed by atoms with Crippen LogP contribution in [-0.4, -0.2) is 17.0 Å². The Labute approximate surface area is 203 Å². The molecule has 0 saturated carbocycles. The second-order valence-corrected chi connectivity index (χ2v) is 7.89. The SMILES string of the molecule is O=C(NC(C(=O)O)c1ccccc1)c1cccc(OCc2ccc(OCc3ccccc3)cc2)c1. The van der Waals surface area contributed by atoms with Crippen molar-refractivity contribution in [3.8, 4) is 11.5 Å². The zero-order valence-electron chi connectivity index (χ0n) is 19.0. The fraction of sp³-hybridized carbons (Fsp3) is 0.103. The fourth-order valence-corrected chi connectivity index (χ4v) is 3.46. The maximum absolute atomic E-state index is 12.7. The molecule has 0 bridgehead atoms. The molecule has 2 N–H and O–H groups in total. The van der Waals surface area contributed by atoms with Crippen LogP contribution in [-0.2, 0) is 18.0 Å². The lowest BCUT2D eigenvalue weighted by molar-refractivity contribution is -0.139. The van der Waals surface area contributed by atoms with Gasteiger partial charge in [0.25, 0.3) is 5.91 Å². The van der Waals surface area contributed by atoms with Crippen molar-refractivity contribution in [2.45, 2.75) is 19.3 Å². The summed E-state index contributed by atoms with van der Waals surface area (Å²) in [6.07, 6.45) is 0. The predicted molar refractivity (Wildman–Crippen MR) is 132 cm³/mol. The highest BCUT2D eigenvalue weighted by Gasteiger charge is 2.22. The standard InChI is InChI=1S/C29H25NO5/c31-28(30-27(29(32)33)23-10-5-2-6-11-23)24-12-7-13-26(18-24)35-20-22-14-16-25(17-15-22)34-19-21-8-3-1-4-9-21/h1-18,27H,19-20H2,(H,30,31)(H,32,33). The second kappa shape index (κ2) is 11.5. The van der Waals surface area contributed by atoms with Crippen LogP contribution in [0.15, 0.2) is 109 Å². The van der Waals surface area contributed by atoms with Gasteiger partial charge in [-0.05, 0) is 47.0 Å². The number of aliphatic carboxylic acids is 1. The van der Waals surface area contributed by atoms with Crippen molar-refractivity contribution in [3.63, 3.8) is 0 Å². The molecule has 4 rings (SSSR count). The molecule has 0 radical (unpaired) electrons. The molecule has 6 heteroatoms. The Morgan fingerprint density at radius 3 is 1.94 bits per heavy atom. The van der Waals surface area contributed by atoms with Crippen molar-refractivity contribution in [1.29, 1.82) is 0 Å². The average Bonchev–Trinajstić information content (AvgIpc) is 2.91. The van der Waals surface area contributed by atoms with E-state index in [2.05, 4.69) is 5.32 Å². The average molecular weight is 468 g/mol. The summed E-state index contributed by atoms with van der Waals surface area (Å²) in [6.45, 7) is 0.810. The molecule has 176 valence electrons. The second-order valence-electron chi connectivity index (χ2n) is 7.89. The lowest BCUT2D eigenvalue weighted by Crippen LogP contribution is -2.33. The summed E-state index contributed by atoms with van der Waals surface area (Å²) in [4.78, 5) is 24.4. The Hall–Kier alpha value is -4.58. The van der Waals surface area contributed by atoms with Gasteiger partial charge in [-0.25, -0.2) is 4.79 Å². The van der Waals surface area contributed by atoms with Gasteiger partial charge >= 0.3 is 5.97 Å². The number of ether oxygens (including phenoxy) is 2. The number of carbonyl (C=O) groups excluding carboxylic acids is 1. The zero-order valence-corrected chi connectivity index (χ0v) is 19.0. The molecule has 4 aromatic rings. The number of hydrogen-bond donors (Lipinski definition) is 2. The Morgan fingerprint density at radius 2 is 1.29 bits per heavy atom. The maximum atomic E-state index is 12.7. The summed E-state index contributed by atoms with van der Waals surface area (Å²) in [6, 6.07) is 31.7. The van der Waals surface area contributed by atoms with Gasteiger partial charge in [-0.3, -0.25) is 4.79 Å². The number of amides is 1. The summed E-state index contributed by atoms with van der Waals surface area (Å²) >= 11 is 0. The van der Waals surface area contributed by atoms with Crippen LogP contribution < -0.4 is 14.8 Å². The molecular formula is C29H25NO5. The number of rotatable bonds is 10. The zero-order chi connectivity index (χ0) is 24.5. The van der Waals surface area contributed by atoms with E-state index in [1.807, 2.05) is 54.6 Å². The molecule has 0 aliphatic heterocycles. The molecular weight excluding hydrogens is 442 g/mol. The minimum atomic E-state index is -1.14. The number of carboxylic acids is 1. The number of nitrogens with one attached hydrogen (secondary N) is 1. The maximum Gasteiger partial charge on any atom is 0.330 e. The van der Waals surface area contributed by atoms with E-state index in [9.17, 15) is 14.7 Å². The van der Waals surface area contributed by atoms with E-state index in [-0.39, 0.29) is 0 Å². The summed E-state index contributed by atoms with van der Waals surface area (Å²) in [5.41, 5.74) is 2.86. The van der Waals surface area contributed by atoms with Gasteiger partial charge in [-0.2, -0.15) is 0 Å². The van der Waals surface area contributed by atoms with E-state index in [0.29, 0.717) is 30.1 Å². The van der Waals surface area contributed by atoms with Crippen LogP contribution in [0.4, 0.5) is 0 Å². The molecule has 0 heterocycles. The van der Waals surface area contributed by atoms with E-state index < -0.39 is 17.9 Å². The fourth-order valence-electron chi connectivity index (χ4n) is 3.46. The summed E-state index contributed by atoms with van der Waals surface area (Å²) < 4.78 is 11.7. The Kier molecular flexibility index (Phi) is 7.76. The number of hydrogen-bond acceptors (Lipinski definition) is 4. The van der Waals surface area contributed by atoms with Gasteiger partial charge in [0.1, 0.15) is 24.7 Å². The van der Waals surface area contributed by atoms with E-state index in [1.165, 1.54) is 0 Å². The van der Waals surface area contributed by atoms with Crippen molar-refractivity contribution in [2.24, 2.45) is 0 Å². The molecule has 1 atom stereocenters. The third kappa shape index (κ3) is 6.71. The molecule has 6 nitrogen and oxygen atoms in total. The van der Waals surface area contributed by atoms with Crippen LogP contribution in [0, 0.1) is 0 Å². The highest BCUT2D eigenvalue weighted by molar-refractivity contribution is 5.97. The molecule has 0 aliphatic rings. The highest BCUT2D eigenvalue weighted by atomic mass is 16.5. The molecule has 0 saturated heterocycles. The number of benzene rings is 4. The molecule has 0 aliphatic carbocycles. The number of carboxylic acid groups (broad SMARTS) is 1. The van der Waals surface area contributed by atoms with Crippen LogP contribution in [0.1, 0.15) is 33.1 Å². The monoisotopic (exact) mass is 467 g/mol. The van der Waals surface area contributed by atoms with Crippen molar-refractivity contribution in [1.82, 2.24) is 5.32 Å². The normalized spacial score (nSPS) is 11.3. The van der Waals surface area contributed by atoms with Crippen molar-refractivity contribution in [2.75, 3.05) is 0 Å². The Morgan fingerprint density at radius 1 is 0.686 bits per heavy atom. The largest absolute Gasteiger partial charge is 0.489 e. The molecule has 1 amide bonds. The molecule has 35 heavy (non-hydrogen) atoms. The van der Waals surface area contributed by atoms with Gasteiger partial charge in [0.15, 0.2) is 6.04 Å². The molecule has 0 fully saturated rings. The summed E-state index contributed by atoms with van der Waals surface area (Å²) in [5.74, 6) is -0.351. The summed E-state index contributed by atoms with van der Waals surface area (Å²) in [5, 5.41) is 12.1. The Balaban J connectivity index is 1.33. The van der Waals surface area contributed by atoms with Crippen LogP contribution in [0.5, 0.6) is 11.5 Å². The highest BCUT2D eigenvalue weighted by Crippen LogP contribution is 2.19. The van der Waals surface area contributed by atoms with Crippen LogP contribution in [0.3, 0.4) is 0 Å². The minimum absolute atomic E-state index is 0.311. The van der Waals surface area contributed by atoms with Crippen LogP contribution in [0.25, 0.3) is 0 Å².